The maximum Gasteiger partial charge on any atom is 0.234 e. The molecular weight excluding hydrogens is 337 g/mol. The molecule has 0 amide bonds. The van der Waals surface area contributed by atoms with Crippen molar-refractivity contribution >= 4 is 15.9 Å². The van der Waals surface area contributed by atoms with Crippen molar-refractivity contribution in [3.05, 3.63) is 34.4 Å². The summed E-state index contributed by atoms with van der Waals surface area (Å²) in [5.74, 6) is 0.876. The maximum atomic E-state index is 13.3. The molecule has 0 spiro atoms. The van der Waals surface area contributed by atoms with Gasteiger partial charge in [0.05, 0.1) is 9.89 Å². The number of piperidine rings is 1. The van der Waals surface area contributed by atoms with Crippen LogP contribution in [0.25, 0.3) is 11.4 Å². The summed E-state index contributed by atoms with van der Waals surface area (Å²) in [6.07, 6.45) is 3.10. The molecule has 1 fully saturated rings. The molecule has 0 radical (unpaired) electrons. The molecule has 1 unspecified atom stereocenters. The molecule has 1 aliphatic rings. The first-order valence-corrected chi connectivity index (χ1v) is 7.94. The number of rotatable bonds is 3. The van der Waals surface area contributed by atoms with Crippen LogP contribution in [-0.4, -0.2) is 23.2 Å². The number of aromatic nitrogens is 2. The first-order valence-electron chi connectivity index (χ1n) is 7.15. The Kier molecular flexibility index (Phi) is 4.08. The summed E-state index contributed by atoms with van der Waals surface area (Å²) in [5.41, 5.74) is 0.661. The number of hydrogen-bond acceptors (Lipinski definition) is 4. The largest absolute Gasteiger partial charge is 0.338 e. The molecule has 1 aliphatic heterocycles. The summed E-state index contributed by atoms with van der Waals surface area (Å²) in [5, 5.41) is 7.47. The van der Waals surface area contributed by atoms with Crippen molar-refractivity contribution in [2.24, 2.45) is 0 Å². The van der Waals surface area contributed by atoms with Crippen LogP contribution >= 0.6 is 15.9 Å². The molecule has 21 heavy (non-hydrogen) atoms. The van der Waals surface area contributed by atoms with Gasteiger partial charge in [0.15, 0.2) is 0 Å². The van der Waals surface area contributed by atoms with Crippen molar-refractivity contribution in [3.8, 4) is 11.4 Å². The van der Waals surface area contributed by atoms with Gasteiger partial charge in [0.25, 0.3) is 0 Å². The van der Waals surface area contributed by atoms with Gasteiger partial charge in [-0.15, -0.1) is 0 Å². The second kappa shape index (κ2) is 5.85. The van der Waals surface area contributed by atoms with Crippen LogP contribution in [0.15, 0.2) is 27.2 Å². The predicted molar refractivity (Wildman–Crippen MR) is 81.5 cm³/mol. The predicted octanol–water partition coefficient (Wildman–Crippen LogP) is 3.67. The van der Waals surface area contributed by atoms with Gasteiger partial charge in [-0.3, -0.25) is 0 Å². The van der Waals surface area contributed by atoms with Crippen LogP contribution in [0.5, 0.6) is 0 Å². The highest BCUT2D eigenvalue weighted by atomic mass is 79.9. The Hall–Kier alpha value is -1.27. The first kappa shape index (κ1) is 14.7. The van der Waals surface area contributed by atoms with Crippen molar-refractivity contribution in [3.63, 3.8) is 0 Å². The van der Waals surface area contributed by atoms with E-state index >= 15 is 0 Å². The fourth-order valence-electron chi connectivity index (χ4n) is 2.79. The number of nitrogens with one attached hydrogen (secondary N) is 1. The van der Waals surface area contributed by atoms with Gasteiger partial charge in [0, 0.05) is 12.1 Å². The summed E-state index contributed by atoms with van der Waals surface area (Å²) in [7, 11) is 0. The zero-order valence-electron chi connectivity index (χ0n) is 11.8. The van der Waals surface area contributed by atoms with E-state index < -0.39 is 0 Å². The van der Waals surface area contributed by atoms with Gasteiger partial charge in [-0.2, -0.15) is 4.98 Å². The van der Waals surface area contributed by atoms with Gasteiger partial charge < -0.3 is 9.84 Å². The molecule has 0 bridgehead atoms. The minimum atomic E-state index is -0.302. The Balaban J connectivity index is 1.93. The third kappa shape index (κ3) is 2.74. The van der Waals surface area contributed by atoms with E-state index in [-0.39, 0.29) is 11.2 Å². The fraction of sp³-hybridized carbons (Fsp3) is 0.467. The Morgan fingerprint density at radius 1 is 1.48 bits per heavy atom. The molecule has 1 saturated heterocycles. The monoisotopic (exact) mass is 353 g/mol. The highest BCUT2D eigenvalue weighted by molar-refractivity contribution is 9.10. The van der Waals surface area contributed by atoms with E-state index in [1.165, 1.54) is 6.07 Å². The Morgan fingerprint density at radius 2 is 2.33 bits per heavy atom. The highest BCUT2D eigenvalue weighted by Gasteiger charge is 2.37. The number of hydrogen-bond donors (Lipinski definition) is 1. The zero-order chi connectivity index (χ0) is 14.9. The van der Waals surface area contributed by atoms with E-state index in [0.717, 1.165) is 37.9 Å². The molecule has 3 rings (SSSR count). The summed E-state index contributed by atoms with van der Waals surface area (Å²) in [6.45, 7) is 4.04. The van der Waals surface area contributed by atoms with E-state index in [4.69, 9.17) is 4.52 Å². The van der Waals surface area contributed by atoms with E-state index in [1.54, 1.807) is 12.1 Å². The number of nitrogens with zero attached hydrogens (tertiary/aromatic N) is 2. The molecule has 1 atom stereocenters. The maximum absolute atomic E-state index is 13.3. The van der Waals surface area contributed by atoms with E-state index in [9.17, 15) is 4.39 Å². The average Bonchev–Trinajstić information content (AvgIpc) is 3.01. The molecule has 6 heteroatoms. The fourth-order valence-corrected chi connectivity index (χ4v) is 3.17. The lowest BCUT2D eigenvalue weighted by molar-refractivity contribution is 0.221. The van der Waals surface area contributed by atoms with Gasteiger partial charge >= 0.3 is 0 Å². The van der Waals surface area contributed by atoms with E-state index in [0.29, 0.717) is 16.2 Å². The third-order valence-corrected chi connectivity index (χ3v) is 4.81. The van der Waals surface area contributed by atoms with E-state index in [1.807, 2.05) is 0 Å². The molecule has 2 heterocycles. The highest BCUT2D eigenvalue weighted by Crippen LogP contribution is 2.34. The van der Waals surface area contributed by atoms with Crippen molar-refractivity contribution in [2.45, 2.75) is 31.6 Å². The summed E-state index contributed by atoms with van der Waals surface area (Å²) < 4.78 is 19.2. The molecule has 0 aliphatic carbocycles. The normalized spacial score (nSPS) is 22.4. The lowest BCUT2D eigenvalue weighted by Gasteiger charge is -2.33. The van der Waals surface area contributed by atoms with Crippen molar-refractivity contribution < 1.29 is 8.91 Å². The molecule has 1 aromatic heterocycles. The van der Waals surface area contributed by atoms with Crippen LogP contribution in [-0.2, 0) is 5.41 Å². The van der Waals surface area contributed by atoms with Crippen LogP contribution in [0.2, 0.25) is 0 Å². The minimum Gasteiger partial charge on any atom is -0.338 e. The van der Waals surface area contributed by atoms with Gasteiger partial charge in [-0.05, 0) is 59.9 Å². The Labute approximate surface area is 131 Å². The molecule has 2 aromatic rings. The number of benzene rings is 1. The molecule has 0 saturated carbocycles. The first-order chi connectivity index (χ1) is 10.1. The molecule has 4 nitrogen and oxygen atoms in total. The van der Waals surface area contributed by atoms with Crippen LogP contribution in [0.3, 0.4) is 0 Å². The van der Waals surface area contributed by atoms with Crippen LogP contribution in [0.4, 0.5) is 4.39 Å². The summed E-state index contributed by atoms with van der Waals surface area (Å²) in [6, 6.07) is 4.72. The van der Waals surface area contributed by atoms with Crippen molar-refractivity contribution in [1.29, 1.82) is 0 Å². The summed E-state index contributed by atoms with van der Waals surface area (Å²) in [4.78, 5) is 4.56. The van der Waals surface area contributed by atoms with Crippen molar-refractivity contribution in [1.82, 2.24) is 15.5 Å². The van der Waals surface area contributed by atoms with Gasteiger partial charge in [0.1, 0.15) is 5.82 Å². The smallest absolute Gasteiger partial charge is 0.234 e. The summed E-state index contributed by atoms with van der Waals surface area (Å²) >= 11 is 3.18. The van der Waals surface area contributed by atoms with Gasteiger partial charge in [-0.25, -0.2) is 4.39 Å². The Morgan fingerprint density at radius 3 is 3.00 bits per heavy atom. The van der Waals surface area contributed by atoms with Crippen LogP contribution in [0.1, 0.15) is 32.1 Å². The van der Waals surface area contributed by atoms with Crippen LogP contribution in [0, 0.1) is 5.82 Å². The van der Waals surface area contributed by atoms with Gasteiger partial charge in [-0.1, -0.05) is 12.1 Å². The molecular formula is C15H17BrFN3O. The molecule has 1 N–H and O–H groups in total. The zero-order valence-corrected chi connectivity index (χ0v) is 13.4. The SMILES string of the molecule is CCC1(c2nc(-c3ccc(F)c(Br)c3)no2)CCCNC1. The van der Waals surface area contributed by atoms with Gasteiger partial charge in [0.2, 0.25) is 11.7 Å². The lowest BCUT2D eigenvalue weighted by Crippen LogP contribution is -2.43. The van der Waals surface area contributed by atoms with Crippen LogP contribution < -0.4 is 5.32 Å². The standard InChI is InChI=1S/C15H17BrFN3O/c1-2-15(6-3-7-18-9-15)14-19-13(20-21-14)10-4-5-12(17)11(16)8-10/h4-5,8,18H,2-3,6-7,9H2,1H3. The third-order valence-electron chi connectivity index (χ3n) is 4.21. The quantitative estimate of drug-likeness (QED) is 0.914. The number of halogens is 2. The average molecular weight is 354 g/mol. The topological polar surface area (TPSA) is 51.0 Å². The minimum absolute atomic E-state index is 0.0826. The molecule has 112 valence electrons. The lowest BCUT2D eigenvalue weighted by atomic mass is 9.78. The molecule has 1 aromatic carbocycles. The second-order valence-electron chi connectivity index (χ2n) is 5.47. The second-order valence-corrected chi connectivity index (χ2v) is 6.32. The Bertz CT molecular complexity index is 638. The van der Waals surface area contributed by atoms with Crippen molar-refractivity contribution in [2.75, 3.05) is 13.1 Å². The van der Waals surface area contributed by atoms with E-state index in [2.05, 4.69) is 38.3 Å².